The predicted octanol–water partition coefficient (Wildman–Crippen LogP) is 3.37. The first-order chi connectivity index (χ1) is 12.6. The maximum Gasteiger partial charge on any atom is 0.272 e. The molecular weight excluding hydrogens is 377 g/mol. The molecule has 3 aromatic rings. The van der Waals surface area contributed by atoms with Gasteiger partial charge in [0.2, 0.25) is 0 Å². The number of rotatable bonds is 7. The Kier molecular flexibility index (Phi) is 5.80. The summed E-state index contributed by atoms with van der Waals surface area (Å²) in [6.45, 7) is 3.25. The third-order valence-corrected chi connectivity index (χ3v) is 4.18. The van der Waals surface area contributed by atoms with Crippen LogP contribution in [0.25, 0.3) is 0 Å². The van der Waals surface area contributed by atoms with E-state index in [-0.39, 0.29) is 12.6 Å². The highest BCUT2D eigenvalue weighted by molar-refractivity contribution is 6.35. The van der Waals surface area contributed by atoms with E-state index in [4.69, 9.17) is 27.9 Å². The number of halogens is 2. The van der Waals surface area contributed by atoms with Gasteiger partial charge < -0.3 is 10.1 Å². The van der Waals surface area contributed by atoms with E-state index in [1.165, 1.54) is 4.68 Å². The molecule has 1 amide bonds. The molecule has 0 aliphatic heterocycles. The summed E-state index contributed by atoms with van der Waals surface area (Å²) in [4.78, 5) is 12.2. The second kappa shape index (κ2) is 8.25. The molecule has 1 N–H and O–H groups in total. The molecule has 0 aliphatic rings. The minimum atomic E-state index is -0.267. The van der Waals surface area contributed by atoms with Crippen LogP contribution in [-0.4, -0.2) is 25.5 Å². The number of carbonyl (C=O) groups is 1. The van der Waals surface area contributed by atoms with E-state index in [1.54, 1.807) is 36.7 Å². The van der Waals surface area contributed by atoms with E-state index in [9.17, 15) is 4.79 Å². The summed E-state index contributed by atoms with van der Waals surface area (Å²) in [5, 5.41) is 12.1. The number of aromatic nitrogens is 4. The van der Waals surface area contributed by atoms with Crippen molar-refractivity contribution in [3.63, 3.8) is 0 Å². The Hall–Kier alpha value is -2.51. The third-order valence-electron chi connectivity index (χ3n) is 3.65. The standard InChI is InChI=1S/C17H17Cl2N5O2/c1-2-24-13(5-7-21-24)10-20-17(25)15-6-8-23(22-15)11-26-16-4-3-12(18)9-14(16)19/h3-9H,2,10-11H2,1H3,(H,20,25). The molecule has 0 atom stereocenters. The molecule has 2 aromatic heterocycles. The average Bonchev–Trinajstić information content (AvgIpc) is 3.28. The molecule has 0 saturated heterocycles. The largest absolute Gasteiger partial charge is 0.470 e. The number of nitrogens with zero attached hydrogens (tertiary/aromatic N) is 4. The summed E-state index contributed by atoms with van der Waals surface area (Å²) < 4.78 is 8.92. The van der Waals surface area contributed by atoms with Crippen LogP contribution in [0.1, 0.15) is 23.1 Å². The molecule has 1 aromatic carbocycles. The van der Waals surface area contributed by atoms with E-state index in [0.717, 1.165) is 12.2 Å². The van der Waals surface area contributed by atoms with Crippen LogP contribution in [0.2, 0.25) is 10.0 Å². The van der Waals surface area contributed by atoms with Crippen LogP contribution in [0.3, 0.4) is 0 Å². The van der Waals surface area contributed by atoms with Crippen LogP contribution < -0.4 is 10.1 Å². The topological polar surface area (TPSA) is 74.0 Å². The lowest BCUT2D eigenvalue weighted by Gasteiger charge is -2.08. The summed E-state index contributed by atoms with van der Waals surface area (Å²) in [5.41, 5.74) is 1.24. The number of nitrogens with one attached hydrogen (secondary N) is 1. The van der Waals surface area contributed by atoms with Crippen molar-refractivity contribution < 1.29 is 9.53 Å². The van der Waals surface area contributed by atoms with Crippen molar-refractivity contribution >= 4 is 29.1 Å². The monoisotopic (exact) mass is 393 g/mol. The Morgan fingerprint density at radius 2 is 2.12 bits per heavy atom. The molecule has 0 spiro atoms. The minimum Gasteiger partial charge on any atom is -0.470 e. The van der Waals surface area contributed by atoms with Crippen LogP contribution in [0.5, 0.6) is 5.75 Å². The van der Waals surface area contributed by atoms with Gasteiger partial charge in [-0.15, -0.1) is 0 Å². The normalized spacial score (nSPS) is 10.7. The summed E-state index contributed by atoms with van der Waals surface area (Å²) in [7, 11) is 0. The molecule has 2 heterocycles. The molecule has 136 valence electrons. The number of aryl methyl sites for hydroxylation is 1. The Bertz CT molecular complexity index is 906. The Labute approximate surface area is 160 Å². The number of ether oxygens (including phenoxy) is 1. The number of benzene rings is 1. The second-order valence-corrected chi connectivity index (χ2v) is 6.25. The van der Waals surface area contributed by atoms with E-state index in [0.29, 0.717) is 28.0 Å². The highest BCUT2D eigenvalue weighted by Gasteiger charge is 2.11. The molecule has 7 nitrogen and oxygen atoms in total. The minimum absolute atomic E-state index is 0.122. The Morgan fingerprint density at radius 3 is 2.88 bits per heavy atom. The fourth-order valence-electron chi connectivity index (χ4n) is 2.34. The van der Waals surface area contributed by atoms with Crippen molar-refractivity contribution in [1.29, 1.82) is 0 Å². The number of hydrogen-bond acceptors (Lipinski definition) is 4. The summed E-state index contributed by atoms with van der Waals surface area (Å²) in [6.07, 6.45) is 3.37. The van der Waals surface area contributed by atoms with Gasteiger partial charge in [-0.1, -0.05) is 23.2 Å². The third kappa shape index (κ3) is 4.36. The van der Waals surface area contributed by atoms with Gasteiger partial charge in [-0.25, -0.2) is 4.68 Å². The van der Waals surface area contributed by atoms with Crippen molar-refractivity contribution in [2.75, 3.05) is 0 Å². The fraction of sp³-hybridized carbons (Fsp3) is 0.235. The number of carbonyl (C=O) groups excluding carboxylic acids is 1. The van der Waals surface area contributed by atoms with Gasteiger partial charge in [0, 0.05) is 24.0 Å². The first-order valence-corrected chi connectivity index (χ1v) is 8.72. The van der Waals surface area contributed by atoms with E-state index >= 15 is 0 Å². The fourth-order valence-corrected chi connectivity index (χ4v) is 2.80. The molecular formula is C17H17Cl2N5O2. The van der Waals surface area contributed by atoms with Crippen molar-refractivity contribution in [2.45, 2.75) is 26.7 Å². The van der Waals surface area contributed by atoms with Gasteiger partial charge in [0.05, 0.1) is 17.3 Å². The molecule has 0 radical (unpaired) electrons. The van der Waals surface area contributed by atoms with Gasteiger partial charge in [0.15, 0.2) is 6.73 Å². The lowest BCUT2D eigenvalue weighted by atomic mass is 10.3. The first-order valence-electron chi connectivity index (χ1n) is 7.97. The van der Waals surface area contributed by atoms with E-state index in [1.807, 2.05) is 17.7 Å². The van der Waals surface area contributed by atoms with Gasteiger partial charge in [0.1, 0.15) is 11.4 Å². The molecule has 0 saturated carbocycles. The molecule has 0 fully saturated rings. The smallest absolute Gasteiger partial charge is 0.272 e. The molecule has 3 rings (SSSR count). The maximum absolute atomic E-state index is 12.2. The van der Waals surface area contributed by atoms with Crippen LogP contribution in [0.4, 0.5) is 0 Å². The van der Waals surface area contributed by atoms with Crippen LogP contribution >= 0.6 is 23.2 Å². The Balaban J connectivity index is 1.56. The average molecular weight is 394 g/mol. The van der Waals surface area contributed by atoms with Gasteiger partial charge in [-0.3, -0.25) is 9.48 Å². The zero-order chi connectivity index (χ0) is 18.5. The van der Waals surface area contributed by atoms with Gasteiger partial charge >= 0.3 is 0 Å². The molecule has 0 bridgehead atoms. The SMILES string of the molecule is CCn1nccc1CNC(=O)c1ccn(COc2ccc(Cl)cc2Cl)n1. The van der Waals surface area contributed by atoms with Crippen molar-refractivity contribution in [1.82, 2.24) is 24.9 Å². The van der Waals surface area contributed by atoms with E-state index < -0.39 is 0 Å². The van der Waals surface area contributed by atoms with Crippen LogP contribution in [-0.2, 0) is 19.8 Å². The van der Waals surface area contributed by atoms with Crippen molar-refractivity contribution in [3.8, 4) is 5.75 Å². The maximum atomic E-state index is 12.2. The first kappa shape index (κ1) is 18.3. The second-order valence-electron chi connectivity index (χ2n) is 5.41. The molecule has 0 aliphatic carbocycles. The predicted molar refractivity (Wildman–Crippen MR) is 98.4 cm³/mol. The summed E-state index contributed by atoms with van der Waals surface area (Å²) >= 11 is 11.9. The van der Waals surface area contributed by atoms with Crippen LogP contribution in [0, 0.1) is 0 Å². The molecule has 0 unspecified atom stereocenters. The summed E-state index contributed by atoms with van der Waals surface area (Å²) in [6, 6.07) is 8.46. The van der Waals surface area contributed by atoms with Gasteiger partial charge in [-0.05, 0) is 37.3 Å². The van der Waals surface area contributed by atoms with E-state index in [2.05, 4.69) is 15.5 Å². The quantitative estimate of drug-likeness (QED) is 0.667. The number of amides is 1. The summed E-state index contributed by atoms with van der Waals surface area (Å²) in [5.74, 6) is 0.225. The van der Waals surface area contributed by atoms with Gasteiger partial charge in [-0.2, -0.15) is 10.2 Å². The lowest BCUT2D eigenvalue weighted by Crippen LogP contribution is -2.25. The zero-order valence-electron chi connectivity index (χ0n) is 14.0. The Morgan fingerprint density at radius 1 is 1.27 bits per heavy atom. The van der Waals surface area contributed by atoms with Crippen LogP contribution in [0.15, 0.2) is 42.7 Å². The van der Waals surface area contributed by atoms with Gasteiger partial charge in [0.25, 0.3) is 5.91 Å². The number of hydrogen-bond donors (Lipinski definition) is 1. The molecule has 9 heteroatoms. The van der Waals surface area contributed by atoms with Crippen molar-refractivity contribution in [2.24, 2.45) is 0 Å². The van der Waals surface area contributed by atoms with Crippen molar-refractivity contribution in [3.05, 3.63) is 64.2 Å². The zero-order valence-corrected chi connectivity index (χ0v) is 15.5. The highest BCUT2D eigenvalue weighted by atomic mass is 35.5. The molecule has 26 heavy (non-hydrogen) atoms. The highest BCUT2D eigenvalue weighted by Crippen LogP contribution is 2.27. The lowest BCUT2D eigenvalue weighted by molar-refractivity contribution is 0.0943.